The summed E-state index contributed by atoms with van der Waals surface area (Å²) in [4.78, 5) is 46.8. The van der Waals surface area contributed by atoms with Gasteiger partial charge in [0.25, 0.3) is 0 Å². The van der Waals surface area contributed by atoms with Crippen LogP contribution in [0.4, 0.5) is 0 Å². The molecule has 0 saturated heterocycles. The highest BCUT2D eigenvalue weighted by molar-refractivity contribution is 6.76. The molecule has 0 saturated carbocycles. The molecule has 0 aliphatic rings. The van der Waals surface area contributed by atoms with Gasteiger partial charge < -0.3 is 19.4 Å². The molecule has 4 rings (SSSR count). The van der Waals surface area contributed by atoms with E-state index in [0.29, 0.717) is 36.1 Å². The molecule has 0 aliphatic carbocycles. The third kappa shape index (κ3) is 5.68. The number of ether oxygens (including phenoxy) is 1. The van der Waals surface area contributed by atoms with Gasteiger partial charge in [-0.25, -0.2) is 14.3 Å². The molecule has 37 heavy (non-hydrogen) atoms. The minimum Gasteiger partial charge on any atom is -0.393 e. The van der Waals surface area contributed by atoms with E-state index < -0.39 is 19.9 Å². The van der Waals surface area contributed by atoms with Gasteiger partial charge >= 0.3 is 5.69 Å². The molecule has 0 fully saturated rings. The van der Waals surface area contributed by atoms with Crippen molar-refractivity contribution in [3.8, 4) is 5.82 Å². The maximum atomic E-state index is 13.6. The zero-order chi connectivity index (χ0) is 26.9. The molecular weight excluding hydrogens is 490 g/mol. The zero-order valence-electron chi connectivity index (χ0n) is 22.0. The molecule has 10 nitrogen and oxygen atoms in total. The van der Waals surface area contributed by atoms with Crippen LogP contribution in [0.5, 0.6) is 0 Å². The minimum atomic E-state index is -1.30. The van der Waals surface area contributed by atoms with E-state index in [4.69, 9.17) is 9.72 Å². The molecule has 4 heterocycles. The van der Waals surface area contributed by atoms with Crippen molar-refractivity contribution in [1.82, 2.24) is 23.7 Å². The van der Waals surface area contributed by atoms with Crippen molar-refractivity contribution in [3.63, 3.8) is 0 Å². The lowest BCUT2D eigenvalue weighted by Crippen LogP contribution is -2.27. The number of nitrogens with one attached hydrogen (secondary N) is 1. The number of rotatable bonds is 10. The summed E-state index contributed by atoms with van der Waals surface area (Å²) in [5.41, 5.74) is -0.0416. The Kier molecular flexibility index (Phi) is 7.67. The van der Waals surface area contributed by atoms with E-state index in [1.807, 2.05) is 11.5 Å². The highest BCUT2D eigenvalue weighted by Gasteiger charge is 2.20. The number of hydrogen-bond acceptors (Lipinski definition) is 6. The normalized spacial score (nSPS) is 13.9. The quantitative estimate of drug-likeness (QED) is 0.242. The van der Waals surface area contributed by atoms with Gasteiger partial charge in [0.05, 0.1) is 11.5 Å². The Bertz CT molecular complexity index is 1590. The number of pyridine rings is 3. The van der Waals surface area contributed by atoms with Gasteiger partial charge in [-0.2, -0.15) is 0 Å². The Morgan fingerprint density at radius 2 is 1.81 bits per heavy atom. The standard InChI is InChI=1S/C26H35N5O5Si/c1-17(6-7-18(2)32)29-13-11-20(33)19-8-9-22(28-24(19)29)31-23-21(34)10-12-27-25(23)30(26(31)35)16-36-14-15-37(3,4)5/h8-13,17-18,32H,6-7,14-16H2,1-5H3,(H,27,34)/t17-,18-/m0/s1. The van der Waals surface area contributed by atoms with E-state index >= 15 is 0 Å². The van der Waals surface area contributed by atoms with Crippen LogP contribution in [0.3, 0.4) is 0 Å². The predicted molar refractivity (Wildman–Crippen MR) is 147 cm³/mol. The molecule has 0 unspecified atom stereocenters. The number of imidazole rings is 1. The molecule has 0 aromatic carbocycles. The number of aliphatic hydroxyl groups is 1. The number of hydrogen-bond donors (Lipinski definition) is 2. The lowest BCUT2D eigenvalue weighted by atomic mass is 10.1. The smallest absolute Gasteiger partial charge is 0.338 e. The van der Waals surface area contributed by atoms with Gasteiger partial charge in [-0.3, -0.25) is 14.2 Å². The van der Waals surface area contributed by atoms with Crippen molar-refractivity contribution in [1.29, 1.82) is 0 Å². The van der Waals surface area contributed by atoms with Crippen molar-refractivity contribution < 1.29 is 9.84 Å². The molecule has 0 aliphatic heterocycles. The van der Waals surface area contributed by atoms with E-state index in [1.54, 1.807) is 25.3 Å². The monoisotopic (exact) mass is 525 g/mol. The van der Waals surface area contributed by atoms with Gasteiger partial charge in [-0.15, -0.1) is 0 Å². The van der Waals surface area contributed by atoms with Crippen molar-refractivity contribution >= 4 is 30.3 Å². The van der Waals surface area contributed by atoms with E-state index in [-0.39, 0.29) is 35.0 Å². The molecule has 0 radical (unpaired) electrons. The summed E-state index contributed by atoms with van der Waals surface area (Å²) >= 11 is 0. The molecule has 11 heteroatoms. The molecule has 2 atom stereocenters. The van der Waals surface area contributed by atoms with Crippen molar-refractivity contribution in [2.45, 2.75) is 71.3 Å². The fourth-order valence-corrected chi connectivity index (χ4v) is 5.05. The molecule has 2 N–H and O–H groups in total. The van der Waals surface area contributed by atoms with Crippen LogP contribution >= 0.6 is 0 Å². The second kappa shape index (κ2) is 10.6. The second-order valence-electron chi connectivity index (χ2n) is 10.8. The van der Waals surface area contributed by atoms with E-state index in [1.165, 1.54) is 27.5 Å². The van der Waals surface area contributed by atoms with Gasteiger partial charge in [-0.05, 0) is 44.9 Å². The number of aromatic amines is 1. The predicted octanol–water partition coefficient (Wildman–Crippen LogP) is 3.22. The molecule has 0 bridgehead atoms. The Morgan fingerprint density at radius 3 is 2.51 bits per heavy atom. The summed E-state index contributed by atoms with van der Waals surface area (Å²) in [6.07, 6.45) is 4.01. The molecule has 4 aromatic heterocycles. The number of aliphatic hydroxyl groups excluding tert-OH is 1. The number of H-pyrrole nitrogens is 1. The molecular formula is C26H35N5O5Si. The lowest BCUT2D eigenvalue weighted by Gasteiger charge is -2.19. The summed E-state index contributed by atoms with van der Waals surface area (Å²) in [6.45, 7) is 11.0. The minimum absolute atomic E-state index is 0.00142. The number of nitrogens with zero attached hydrogens (tertiary/aromatic N) is 4. The second-order valence-corrected chi connectivity index (χ2v) is 16.5. The van der Waals surface area contributed by atoms with Crippen LogP contribution in [0.15, 0.2) is 51.0 Å². The summed E-state index contributed by atoms with van der Waals surface area (Å²) in [6, 6.07) is 6.97. The molecule has 198 valence electrons. The maximum absolute atomic E-state index is 13.6. The highest BCUT2D eigenvalue weighted by atomic mass is 28.3. The number of fused-ring (bicyclic) bond motifs is 2. The summed E-state index contributed by atoms with van der Waals surface area (Å²) in [5, 5.41) is 10.1. The van der Waals surface area contributed by atoms with Gasteiger partial charge in [0, 0.05) is 45.2 Å². The highest BCUT2D eigenvalue weighted by Crippen LogP contribution is 2.21. The van der Waals surface area contributed by atoms with Crippen molar-refractivity contribution in [2.75, 3.05) is 6.61 Å². The van der Waals surface area contributed by atoms with Gasteiger partial charge in [-0.1, -0.05) is 19.6 Å². The first-order valence-corrected chi connectivity index (χ1v) is 16.3. The summed E-state index contributed by atoms with van der Waals surface area (Å²) in [7, 11) is -1.30. The van der Waals surface area contributed by atoms with Gasteiger partial charge in [0.2, 0.25) is 5.43 Å². The van der Waals surface area contributed by atoms with Crippen LogP contribution in [-0.4, -0.2) is 49.6 Å². The largest absolute Gasteiger partial charge is 0.393 e. The van der Waals surface area contributed by atoms with Gasteiger partial charge in [0.15, 0.2) is 5.43 Å². The summed E-state index contributed by atoms with van der Waals surface area (Å²) < 4.78 is 10.4. The molecule has 0 amide bonds. The van der Waals surface area contributed by atoms with Crippen LogP contribution in [0.25, 0.3) is 28.0 Å². The Labute approximate surface area is 215 Å². The average Bonchev–Trinajstić information content (AvgIpc) is 3.12. The van der Waals surface area contributed by atoms with Crippen LogP contribution in [-0.2, 0) is 11.5 Å². The first kappa shape index (κ1) is 26.8. The first-order chi connectivity index (χ1) is 17.5. The third-order valence-electron chi connectivity index (χ3n) is 6.51. The fourth-order valence-electron chi connectivity index (χ4n) is 4.30. The van der Waals surface area contributed by atoms with E-state index in [0.717, 1.165) is 6.04 Å². The average molecular weight is 526 g/mol. The third-order valence-corrected chi connectivity index (χ3v) is 8.21. The van der Waals surface area contributed by atoms with Crippen LogP contribution < -0.4 is 16.5 Å². The van der Waals surface area contributed by atoms with E-state index in [2.05, 4.69) is 24.6 Å². The Balaban J connectivity index is 1.83. The Hall–Kier alpha value is -3.28. The lowest BCUT2D eigenvalue weighted by molar-refractivity contribution is 0.0871. The van der Waals surface area contributed by atoms with Crippen molar-refractivity contribution in [3.05, 3.63) is 67.6 Å². The fraction of sp³-hybridized carbons (Fsp3) is 0.462. The number of aromatic nitrogens is 5. The first-order valence-electron chi connectivity index (χ1n) is 12.6. The van der Waals surface area contributed by atoms with E-state index in [9.17, 15) is 19.5 Å². The molecule has 0 spiro atoms. The topological polar surface area (TPSA) is 124 Å². The summed E-state index contributed by atoms with van der Waals surface area (Å²) in [5.74, 6) is 0.238. The Morgan fingerprint density at radius 1 is 1.05 bits per heavy atom. The van der Waals surface area contributed by atoms with Crippen LogP contribution in [0.1, 0.15) is 32.7 Å². The van der Waals surface area contributed by atoms with Gasteiger partial charge in [0.1, 0.15) is 29.4 Å². The van der Waals surface area contributed by atoms with Crippen LogP contribution in [0, 0.1) is 0 Å². The maximum Gasteiger partial charge on any atom is 0.338 e. The van der Waals surface area contributed by atoms with Crippen LogP contribution in [0.2, 0.25) is 25.7 Å². The molecule has 4 aromatic rings. The zero-order valence-corrected chi connectivity index (χ0v) is 23.0. The van der Waals surface area contributed by atoms with Crippen molar-refractivity contribution in [2.24, 2.45) is 0 Å². The SMILES string of the molecule is C[C@H](O)CC[C@H](C)n1ccc(=O)c2ccc(-n3c(=O)n(COCC[Si](C)(C)C)c4[nH]ccc(=O)c43)nc21.